The van der Waals surface area contributed by atoms with Gasteiger partial charge >= 0.3 is 0 Å². The molecule has 164 valence electrons. The number of hydrogen-bond donors (Lipinski definition) is 1. The van der Waals surface area contributed by atoms with Crippen LogP contribution in [0.25, 0.3) is 5.76 Å². The fraction of sp³-hybridized carbons (Fsp3) is 0.348. The first-order valence-corrected chi connectivity index (χ1v) is 9.95. The molecule has 1 atom stereocenters. The van der Waals surface area contributed by atoms with Gasteiger partial charge in [-0.3, -0.25) is 14.6 Å². The molecule has 1 N–H and O–H groups in total. The zero-order valence-electron chi connectivity index (χ0n) is 18.2. The fourth-order valence-corrected chi connectivity index (χ4v) is 3.65. The van der Waals surface area contributed by atoms with Crippen LogP contribution in [-0.4, -0.2) is 73.0 Å². The minimum Gasteiger partial charge on any atom is -0.507 e. The summed E-state index contributed by atoms with van der Waals surface area (Å²) >= 11 is 0. The molecule has 1 aromatic heterocycles. The Balaban J connectivity index is 2.12. The number of amides is 1. The highest BCUT2D eigenvalue weighted by Crippen LogP contribution is 2.40. The molecule has 8 nitrogen and oxygen atoms in total. The lowest BCUT2D eigenvalue weighted by atomic mass is 9.97. The van der Waals surface area contributed by atoms with E-state index in [9.17, 15) is 14.7 Å². The van der Waals surface area contributed by atoms with Gasteiger partial charge in [-0.25, -0.2) is 0 Å². The average molecular weight is 425 g/mol. The van der Waals surface area contributed by atoms with Crippen LogP contribution < -0.4 is 9.47 Å². The van der Waals surface area contributed by atoms with Crippen molar-refractivity contribution in [2.24, 2.45) is 0 Å². The average Bonchev–Trinajstić information content (AvgIpc) is 3.03. The molecule has 1 aliphatic heterocycles. The Morgan fingerprint density at radius 2 is 1.94 bits per heavy atom. The van der Waals surface area contributed by atoms with Gasteiger partial charge < -0.3 is 24.4 Å². The summed E-state index contributed by atoms with van der Waals surface area (Å²) in [5.41, 5.74) is 0.813. The summed E-state index contributed by atoms with van der Waals surface area (Å²) in [5.74, 6) is -0.822. The van der Waals surface area contributed by atoms with Crippen LogP contribution in [0.15, 0.2) is 48.2 Å². The number of hydrogen-bond acceptors (Lipinski definition) is 7. The second-order valence-electron chi connectivity index (χ2n) is 7.47. The molecule has 8 heteroatoms. The zero-order valence-corrected chi connectivity index (χ0v) is 18.2. The molecule has 1 aliphatic rings. The number of carbonyl (C=O) groups is 2. The summed E-state index contributed by atoms with van der Waals surface area (Å²) in [6, 6.07) is 9.37. The van der Waals surface area contributed by atoms with E-state index >= 15 is 0 Å². The number of pyridine rings is 1. The van der Waals surface area contributed by atoms with E-state index in [2.05, 4.69) is 4.98 Å². The Morgan fingerprint density at radius 1 is 1.16 bits per heavy atom. The van der Waals surface area contributed by atoms with Crippen molar-refractivity contribution in [3.63, 3.8) is 0 Å². The van der Waals surface area contributed by atoms with Gasteiger partial charge in [0.25, 0.3) is 11.7 Å². The maximum absolute atomic E-state index is 13.0. The first kappa shape index (κ1) is 22.3. The number of rotatable bonds is 8. The highest BCUT2D eigenvalue weighted by atomic mass is 16.5. The van der Waals surface area contributed by atoms with Crippen LogP contribution in [0.3, 0.4) is 0 Å². The molecule has 0 spiro atoms. The second kappa shape index (κ2) is 9.61. The molecule has 0 aliphatic carbocycles. The Kier molecular flexibility index (Phi) is 6.91. The SMILES string of the molecule is COc1ccc(C(O)=C2C(=O)C(=O)N(CCCN(C)C)C2c2ccccn2)c(OC)c1. The maximum atomic E-state index is 13.0. The van der Waals surface area contributed by atoms with Gasteiger partial charge in [-0.1, -0.05) is 6.07 Å². The molecule has 3 rings (SSSR count). The van der Waals surface area contributed by atoms with Crippen molar-refractivity contribution in [1.29, 1.82) is 0 Å². The van der Waals surface area contributed by atoms with E-state index in [-0.39, 0.29) is 11.3 Å². The summed E-state index contributed by atoms with van der Waals surface area (Å²) in [4.78, 5) is 33.8. The molecule has 1 saturated heterocycles. The number of nitrogens with zero attached hydrogens (tertiary/aromatic N) is 3. The third-order valence-electron chi connectivity index (χ3n) is 5.18. The number of benzene rings is 1. The normalized spacial score (nSPS) is 18.0. The van der Waals surface area contributed by atoms with Crippen LogP contribution >= 0.6 is 0 Å². The lowest BCUT2D eigenvalue weighted by Gasteiger charge is -2.25. The molecule has 0 radical (unpaired) electrons. The molecule has 1 aromatic carbocycles. The van der Waals surface area contributed by atoms with Gasteiger partial charge in [0.15, 0.2) is 0 Å². The number of ketones is 1. The molecule has 1 unspecified atom stereocenters. The predicted molar refractivity (Wildman–Crippen MR) is 116 cm³/mol. The standard InChI is InChI=1S/C23H27N3O5/c1-25(2)12-7-13-26-20(17-8-5-6-11-24-17)19(22(28)23(26)29)21(27)16-10-9-15(30-3)14-18(16)31-4/h5-6,8-11,14,20,27H,7,12-13H2,1-4H3. The van der Waals surface area contributed by atoms with E-state index in [1.165, 1.54) is 19.1 Å². The molecule has 31 heavy (non-hydrogen) atoms. The molecular formula is C23H27N3O5. The van der Waals surface area contributed by atoms with Crippen molar-refractivity contribution < 1.29 is 24.2 Å². The topological polar surface area (TPSA) is 92.2 Å². The largest absolute Gasteiger partial charge is 0.507 e. The van der Waals surface area contributed by atoms with E-state index in [1.807, 2.05) is 19.0 Å². The van der Waals surface area contributed by atoms with E-state index in [1.54, 1.807) is 42.6 Å². The highest BCUT2D eigenvalue weighted by molar-refractivity contribution is 6.46. The van der Waals surface area contributed by atoms with Gasteiger partial charge in [0, 0.05) is 18.8 Å². The smallest absolute Gasteiger partial charge is 0.295 e. The van der Waals surface area contributed by atoms with E-state index in [0.717, 1.165) is 6.54 Å². The van der Waals surface area contributed by atoms with E-state index in [0.29, 0.717) is 35.7 Å². The number of aromatic nitrogens is 1. The molecule has 2 heterocycles. The van der Waals surface area contributed by atoms with Crippen molar-refractivity contribution in [3.8, 4) is 11.5 Å². The number of carbonyl (C=O) groups excluding carboxylic acids is 2. The Bertz CT molecular complexity index is 988. The summed E-state index contributed by atoms with van der Waals surface area (Å²) in [7, 11) is 6.87. The fourth-order valence-electron chi connectivity index (χ4n) is 3.65. The summed E-state index contributed by atoms with van der Waals surface area (Å²) < 4.78 is 10.6. The Hall–Kier alpha value is -3.39. The quantitative estimate of drug-likeness (QED) is 0.395. The van der Waals surface area contributed by atoms with E-state index in [4.69, 9.17) is 9.47 Å². The molecule has 2 aromatic rings. The van der Waals surface area contributed by atoms with Crippen LogP contribution in [0.2, 0.25) is 0 Å². The second-order valence-corrected chi connectivity index (χ2v) is 7.47. The third kappa shape index (κ3) is 4.54. The van der Waals surface area contributed by atoms with Crippen LogP contribution in [0.1, 0.15) is 23.7 Å². The first-order valence-electron chi connectivity index (χ1n) is 9.95. The van der Waals surface area contributed by atoms with Crippen LogP contribution in [0.5, 0.6) is 11.5 Å². The maximum Gasteiger partial charge on any atom is 0.295 e. The zero-order chi connectivity index (χ0) is 22.5. The number of Topliss-reactive ketones (excluding diaryl/α,β-unsaturated/α-hetero) is 1. The number of methoxy groups -OCH3 is 2. The molecule has 1 amide bonds. The minimum atomic E-state index is -0.782. The van der Waals surface area contributed by atoms with Gasteiger partial charge in [0.2, 0.25) is 0 Å². The Morgan fingerprint density at radius 3 is 2.55 bits per heavy atom. The number of aliphatic hydroxyl groups excluding tert-OH is 1. The van der Waals surface area contributed by atoms with Crippen LogP contribution in [0.4, 0.5) is 0 Å². The molecule has 0 saturated carbocycles. The first-order chi connectivity index (χ1) is 14.9. The third-order valence-corrected chi connectivity index (χ3v) is 5.18. The van der Waals surface area contributed by atoms with Gasteiger partial charge in [-0.2, -0.15) is 0 Å². The van der Waals surface area contributed by atoms with Gasteiger partial charge in [0.05, 0.1) is 31.1 Å². The number of ether oxygens (including phenoxy) is 2. The number of aliphatic hydroxyl groups is 1. The molecule has 1 fully saturated rings. The predicted octanol–water partition coefficient (Wildman–Crippen LogP) is 2.47. The van der Waals surface area contributed by atoms with Crippen molar-refractivity contribution in [2.75, 3.05) is 41.4 Å². The Labute approximate surface area is 181 Å². The van der Waals surface area contributed by atoms with Crippen LogP contribution in [-0.2, 0) is 9.59 Å². The minimum absolute atomic E-state index is 0.00276. The lowest BCUT2D eigenvalue weighted by Crippen LogP contribution is -2.32. The van der Waals surface area contributed by atoms with Crippen LogP contribution in [0, 0.1) is 0 Å². The summed E-state index contributed by atoms with van der Waals surface area (Å²) in [5, 5.41) is 11.2. The van der Waals surface area contributed by atoms with Crippen molar-refractivity contribution in [1.82, 2.24) is 14.8 Å². The number of likely N-dealkylation sites (tertiary alicyclic amines) is 1. The van der Waals surface area contributed by atoms with Crippen molar-refractivity contribution in [3.05, 3.63) is 59.4 Å². The lowest BCUT2D eigenvalue weighted by molar-refractivity contribution is -0.140. The molecular weight excluding hydrogens is 398 g/mol. The van der Waals surface area contributed by atoms with Crippen molar-refractivity contribution >= 4 is 17.4 Å². The summed E-state index contributed by atoms with van der Waals surface area (Å²) in [6.07, 6.45) is 2.28. The van der Waals surface area contributed by atoms with Crippen molar-refractivity contribution in [2.45, 2.75) is 12.5 Å². The van der Waals surface area contributed by atoms with Gasteiger partial charge in [-0.05, 0) is 51.3 Å². The van der Waals surface area contributed by atoms with E-state index < -0.39 is 17.7 Å². The molecule has 0 bridgehead atoms. The highest BCUT2D eigenvalue weighted by Gasteiger charge is 2.46. The monoisotopic (exact) mass is 425 g/mol. The van der Waals surface area contributed by atoms with Gasteiger partial charge in [-0.15, -0.1) is 0 Å². The van der Waals surface area contributed by atoms with Gasteiger partial charge in [0.1, 0.15) is 23.3 Å². The summed E-state index contributed by atoms with van der Waals surface area (Å²) in [6.45, 7) is 1.12.